The lowest BCUT2D eigenvalue weighted by Crippen LogP contribution is -2.32. The Labute approximate surface area is 221 Å². The highest BCUT2D eigenvalue weighted by atomic mass is 35.5. The fraction of sp³-hybridized carbons (Fsp3) is 0.273. The summed E-state index contributed by atoms with van der Waals surface area (Å²) < 4.78 is 36.2. The predicted molar refractivity (Wildman–Crippen MR) is 137 cm³/mol. The third-order valence-electron chi connectivity index (χ3n) is 6.14. The second-order valence-electron chi connectivity index (χ2n) is 8.67. The van der Waals surface area contributed by atoms with Crippen LogP contribution in [0.3, 0.4) is 0 Å². The van der Waals surface area contributed by atoms with Crippen LogP contribution in [0.15, 0.2) is 43.1 Å². The number of hydrogen-bond acceptors (Lipinski definition) is 7. The molecule has 1 aliphatic heterocycles. The van der Waals surface area contributed by atoms with Crippen molar-refractivity contribution in [3.8, 4) is 22.8 Å². The molecule has 11 nitrogen and oxygen atoms in total. The van der Waals surface area contributed by atoms with Gasteiger partial charge < -0.3 is 9.88 Å². The molecule has 6 rings (SSSR count). The SMILES string of the molecule is Cc1cnc(Nc2ccnn2C)nc1-c1cc2n(c1)C[C@H](C)n1c-2nnc1C(F)(F)n1cc(Cl)cn1.S. The first-order valence-electron chi connectivity index (χ1n) is 11.1. The molecule has 1 aliphatic rings. The summed E-state index contributed by atoms with van der Waals surface area (Å²) in [6, 6.07) is -0.163. The third-order valence-corrected chi connectivity index (χ3v) is 6.33. The summed E-state index contributed by atoms with van der Waals surface area (Å²) in [6.45, 7) is 4.21. The number of fused-ring (bicyclic) bond motifs is 3. The Kier molecular flexibility index (Phi) is 6.02. The molecule has 192 valence electrons. The van der Waals surface area contributed by atoms with Crippen molar-refractivity contribution < 1.29 is 8.78 Å². The van der Waals surface area contributed by atoms with Crippen LogP contribution in [0.5, 0.6) is 0 Å². The first-order valence-corrected chi connectivity index (χ1v) is 11.4. The van der Waals surface area contributed by atoms with Crippen molar-refractivity contribution in [2.75, 3.05) is 5.32 Å². The van der Waals surface area contributed by atoms with Crippen LogP contribution in [0.25, 0.3) is 22.8 Å². The monoisotopic (exact) mass is 545 g/mol. The Morgan fingerprint density at radius 1 is 1.16 bits per heavy atom. The molecule has 5 aromatic heterocycles. The average Bonchev–Trinajstić information content (AvgIpc) is 3.62. The van der Waals surface area contributed by atoms with Crippen molar-refractivity contribution in [2.45, 2.75) is 32.5 Å². The van der Waals surface area contributed by atoms with E-state index < -0.39 is 11.9 Å². The summed E-state index contributed by atoms with van der Waals surface area (Å²) in [6.07, 6.45) is 7.57. The van der Waals surface area contributed by atoms with E-state index in [1.165, 1.54) is 4.57 Å². The Morgan fingerprint density at radius 3 is 2.68 bits per heavy atom. The van der Waals surface area contributed by atoms with Crippen LogP contribution in [-0.2, 0) is 19.6 Å². The molecule has 0 aliphatic carbocycles. The van der Waals surface area contributed by atoms with Crippen molar-refractivity contribution in [3.63, 3.8) is 0 Å². The fourth-order valence-electron chi connectivity index (χ4n) is 4.40. The van der Waals surface area contributed by atoms with Gasteiger partial charge in [0.25, 0.3) is 0 Å². The number of nitrogens with one attached hydrogen (secondary N) is 1. The summed E-state index contributed by atoms with van der Waals surface area (Å²) >= 11 is 5.82. The van der Waals surface area contributed by atoms with Crippen LogP contribution in [-0.4, -0.2) is 48.9 Å². The predicted octanol–water partition coefficient (Wildman–Crippen LogP) is 4.12. The minimum atomic E-state index is -3.53. The number of alkyl halides is 2. The second kappa shape index (κ2) is 8.95. The van der Waals surface area contributed by atoms with E-state index in [-0.39, 0.29) is 24.6 Å². The lowest BCUT2D eigenvalue weighted by Gasteiger charge is -2.27. The molecule has 37 heavy (non-hydrogen) atoms. The molecule has 0 fully saturated rings. The van der Waals surface area contributed by atoms with Crippen LogP contribution >= 0.6 is 25.1 Å². The highest BCUT2D eigenvalue weighted by Gasteiger charge is 2.44. The van der Waals surface area contributed by atoms with E-state index in [0.717, 1.165) is 29.3 Å². The molecule has 0 saturated heterocycles. The van der Waals surface area contributed by atoms with Crippen molar-refractivity contribution in [1.82, 2.24) is 48.9 Å². The van der Waals surface area contributed by atoms with Gasteiger partial charge in [-0.2, -0.15) is 32.5 Å². The molecular formula is C22H22ClF2N11S. The number of nitrogens with zero attached hydrogens (tertiary/aromatic N) is 10. The van der Waals surface area contributed by atoms with Gasteiger partial charge >= 0.3 is 6.05 Å². The van der Waals surface area contributed by atoms with E-state index >= 15 is 8.78 Å². The molecule has 0 aromatic carbocycles. The van der Waals surface area contributed by atoms with Crippen molar-refractivity contribution in [2.24, 2.45) is 7.05 Å². The Hall–Kier alpha value is -3.78. The molecule has 0 unspecified atom stereocenters. The van der Waals surface area contributed by atoms with Gasteiger partial charge in [0.15, 0.2) is 5.82 Å². The maximum atomic E-state index is 15.3. The van der Waals surface area contributed by atoms with Gasteiger partial charge in [-0.1, -0.05) is 11.6 Å². The van der Waals surface area contributed by atoms with Crippen molar-refractivity contribution >= 4 is 36.9 Å². The standard InChI is InChI=1S/C22H20ClF2N11.H2S/c1-12-7-26-21(29-17-4-5-27-33(17)3)30-18(12)14-6-16-19-31-32-20(36(19)13(2)9-34(16)10-14)22(24,25)35-11-15(23)8-28-35;/h4-8,10-11,13H,9H2,1-3H3,(H,26,29,30);1H2/t13-;/m0./s1. The minimum absolute atomic E-state index is 0. The Morgan fingerprint density at radius 2 is 1.97 bits per heavy atom. The lowest BCUT2D eigenvalue weighted by molar-refractivity contribution is -0.0610. The first kappa shape index (κ1) is 24.9. The summed E-state index contributed by atoms with van der Waals surface area (Å²) in [5.41, 5.74) is 3.06. The zero-order chi connectivity index (χ0) is 25.2. The quantitative estimate of drug-likeness (QED) is 0.354. The molecule has 0 bridgehead atoms. The Balaban J connectivity index is 0.00000280. The highest BCUT2D eigenvalue weighted by molar-refractivity contribution is 7.59. The fourth-order valence-corrected chi connectivity index (χ4v) is 4.53. The highest BCUT2D eigenvalue weighted by Crippen LogP contribution is 2.39. The van der Waals surface area contributed by atoms with Crippen LogP contribution < -0.4 is 5.32 Å². The second-order valence-corrected chi connectivity index (χ2v) is 9.10. The molecule has 15 heteroatoms. The topological polar surface area (TPSA) is 109 Å². The summed E-state index contributed by atoms with van der Waals surface area (Å²) in [5, 5.41) is 19.1. The largest absolute Gasteiger partial charge is 0.404 e. The van der Waals surface area contributed by atoms with Crippen molar-refractivity contribution in [3.05, 3.63) is 59.5 Å². The van der Waals surface area contributed by atoms with Crippen molar-refractivity contribution in [1.29, 1.82) is 0 Å². The van der Waals surface area contributed by atoms with Gasteiger partial charge in [-0.15, -0.1) is 10.2 Å². The zero-order valence-corrected chi connectivity index (χ0v) is 21.7. The summed E-state index contributed by atoms with van der Waals surface area (Å²) in [5.74, 6) is 1.00. The number of hydrogen-bond donors (Lipinski definition) is 1. The first-order chi connectivity index (χ1) is 17.2. The smallest absolute Gasteiger partial charge is 0.342 e. The molecule has 0 radical (unpaired) electrons. The van der Waals surface area contributed by atoms with Gasteiger partial charge in [0.05, 0.1) is 41.0 Å². The molecule has 0 spiro atoms. The van der Waals surface area contributed by atoms with Crippen LogP contribution in [0, 0.1) is 6.92 Å². The molecule has 0 saturated carbocycles. The van der Waals surface area contributed by atoms with E-state index in [1.54, 1.807) is 17.1 Å². The van der Waals surface area contributed by atoms with Gasteiger partial charge in [-0.25, -0.2) is 14.6 Å². The normalized spacial score (nSPS) is 14.7. The van der Waals surface area contributed by atoms with Gasteiger partial charge in [-0.05, 0) is 25.5 Å². The molecule has 1 N–H and O–H groups in total. The Bertz CT molecular complexity index is 1600. The number of rotatable bonds is 5. The third kappa shape index (κ3) is 4.05. The van der Waals surface area contributed by atoms with Gasteiger partial charge in [-0.3, -0.25) is 9.25 Å². The summed E-state index contributed by atoms with van der Waals surface area (Å²) in [7, 11) is 1.81. The maximum Gasteiger partial charge on any atom is 0.404 e. The van der Waals surface area contributed by atoms with E-state index in [2.05, 4.69) is 30.7 Å². The maximum absolute atomic E-state index is 15.3. The summed E-state index contributed by atoms with van der Waals surface area (Å²) in [4.78, 5) is 9.07. The van der Waals surface area contributed by atoms with Crippen LogP contribution in [0.1, 0.15) is 24.4 Å². The van der Waals surface area contributed by atoms with Gasteiger partial charge in [0.2, 0.25) is 11.8 Å². The average molecular weight is 546 g/mol. The number of aryl methyl sites for hydroxylation is 2. The van der Waals surface area contributed by atoms with E-state index in [4.69, 9.17) is 16.6 Å². The molecule has 6 heterocycles. The van der Waals surface area contributed by atoms with Crippen LogP contribution in [0.4, 0.5) is 20.5 Å². The molecule has 0 amide bonds. The van der Waals surface area contributed by atoms with E-state index in [0.29, 0.717) is 34.4 Å². The minimum Gasteiger partial charge on any atom is -0.342 e. The number of halogens is 3. The van der Waals surface area contributed by atoms with Gasteiger partial charge in [0, 0.05) is 37.6 Å². The van der Waals surface area contributed by atoms with Crippen LogP contribution in [0.2, 0.25) is 5.02 Å². The number of anilines is 2. The zero-order valence-electron chi connectivity index (χ0n) is 19.9. The van der Waals surface area contributed by atoms with E-state index in [1.807, 2.05) is 43.8 Å². The van der Waals surface area contributed by atoms with Gasteiger partial charge in [0.1, 0.15) is 5.82 Å². The molecular weight excluding hydrogens is 524 g/mol. The lowest BCUT2D eigenvalue weighted by atomic mass is 10.1. The van der Waals surface area contributed by atoms with E-state index in [9.17, 15) is 0 Å². The number of aromatic nitrogens is 10. The molecule has 1 atom stereocenters. The molecule has 5 aromatic rings.